The summed E-state index contributed by atoms with van der Waals surface area (Å²) in [4.78, 5) is 28.2. The molecule has 1 aliphatic carbocycles. The van der Waals surface area contributed by atoms with Crippen LogP contribution in [0.3, 0.4) is 0 Å². The summed E-state index contributed by atoms with van der Waals surface area (Å²) in [5, 5.41) is 16.8. The Balaban J connectivity index is 1.93. The van der Waals surface area contributed by atoms with Crippen LogP contribution in [0.15, 0.2) is 29.4 Å². The van der Waals surface area contributed by atoms with Gasteiger partial charge in [-0.25, -0.2) is 5.01 Å². The Morgan fingerprint density at radius 3 is 2.88 bits per heavy atom. The number of hydrazine groups is 1. The number of amides is 1. The normalized spacial score (nSPS) is 25.4. The molecule has 1 amide bonds. The number of hydrogen-bond donors (Lipinski definition) is 1. The molecule has 2 aliphatic rings. The molecule has 1 aliphatic heterocycles. The molecule has 0 bridgehead atoms. The molecule has 8 nitrogen and oxygen atoms in total. The number of nitrogens with one attached hydrogen (secondary N) is 1. The minimum Gasteiger partial charge on any atom is -0.363 e. The summed E-state index contributed by atoms with van der Waals surface area (Å²) in [5.74, 6) is 0.326. The molecule has 1 saturated carbocycles. The Hall–Kier alpha value is -2.35. The van der Waals surface area contributed by atoms with Crippen molar-refractivity contribution in [3.63, 3.8) is 0 Å². The number of halogens is 1. The van der Waals surface area contributed by atoms with E-state index in [1.54, 1.807) is 17.1 Å². The third kappa shape index (κ3) is 3.39. The number of rotatable bonds is 4. The van der Waals surface area contributed by atoms with E-state index in [0.29, 0.717) is 30.2 Å². The quantitative estimate of drug-likeness (QED) is 0.502. The van der Waals surface area contributed by atoms with Crippen molar-refractivity contribution < 1.29 is 14.6 Å². The summed E-state index contributed by atoms with van der Waals surface area (Å²) >= 11 is 5.63. The minimum atomic E-state index is -0.770. The molecule has 0 radical (unpaired) electrons. The number of non-ortho nitro benzene ring substituents is 1. The first-order chi connectivity index (χ1) is 11.9. The molecule has 9 heteroatoms. The van der Waals surface area contributed by atoms with Crippen molar-refractivity contribution in [2.24, 2.45) is 11.1 Å². The Bertz CT molecular complexity index is 716. The predicted octanol–water partition coefficient (Wildman–Crippen LogP) is 2.77. The molecule has 0 saturated heterocycles. The van der Waals surface area contributed by atoms with Gasteiger partial charge in [0.05, 0.1) is 4.92 Å². The number of carbonyl (C=O) groups excluding carboxylic acids is 1. The van der Waals surface area contributed by atoms with Crippen LogP contribution in [0.25, 0.3) is 0 Å². The second-order valence-electron chi connectivity index (χ2n) is 6.45. The van der Waals surface area contributed by atoms with Crippen LogP contribution in [0.2, 0.25) is 0 Å². The van der Waals surface area contributed by atoms with E-state index in [0.717, 1.165) is 12.8 Å². The van der Waals surface area contributed by atoms with E-state index in [1.165, 1.54) is 12.1 Å². The first-order valence-corrected chi connectivity index (χ1v) is 8.65. The van der Waals surface area contributed by atoms with Crippen molar-refractivity contribution in [2.45, 2.75) is 38.3 Å². The summed E-state index contributed by atoms with van der Waals surface area (Å²) in [6, 6.07) is 6.08. The van der Waals surface area contributed by atoms with E-state index in [2.05, 4.69) is 17.5 Å². The molecule has 1 heterocycles. The predicted molar refractivity (Wildman–Crippen MR) is 91.8 cm³/mol. The van der Waals surface area contributed by atoms with Crippen LogP contribution in [0.1, 0.15) is 38.2 Å². The van der Waals surface area contributed by atoms with E-state index in [4.69, 9.17) is 16.4 Å². The van der Waals surface area contributed by atoms with Gasteiger partial charge in [-0.3, -0.25) is 20.3 Å². The maximum absolute atomic E-state index is 11.9. The van der Waals surface area contributed by atoms with Gasteiger partial charge < -0.3 is 4.84 Å². The Morgan fingerprint density at radius 2 is 2.24 bits per heavy atom. The molecule has 1 spiro atoms. The van der Waals surface area contributed by atoms with E-state index >= 15 is 0 Å². The van der Waals surface area contributed by atoms with Gasteiger partial charge in [0.1, 0.15) is 5.88 Å². The van der Waals surface area contributed by atoms with Crippen molar-refractivity contribution in [3.8, 4) is 0 Å². The zero-order valence-corrected chi connectivity index (χ0v) is 14.5. The number of carbonyl (C=O) groups is 1. The van der Waals surface area contributed by atoms with Crippen LogP contribution < -0.4 is 5.43 Å². The zero-order chi connectivity index (χ0) is 18.0. The summed E-state index contributed by atoms with van der Waals surface area (Å²) in [6.07, 6.45) is 3.26. The van der Waals surface area contributed by atoms with Gasteiger partial charge in [-0.05, 0) is 18.8 Å². The fourth-order valence-electron chi connectivity index (χ4n) is 3.18. The smallest absolute Gasteiger partial charge is 0.270 e. The van der Waals surface area contributed by atoms with Crippen molar-refractivity contribution >= 4 is 29.0 Å². The average molecular weight is 367 g/mol. The molecule has 0 atom stereocenters. The second-order valence-corrected chi connectivity index (χ2v) is 6.71. The van der Waals surface area contributed by atoms with Gasteiger partial charge in [-0.1, -0.05) is 24.2 Å². The largest absolute Gasteiger partial charge is 0.363 e. The highest BCUT2D eigenvalue weighted by Crippen LogP contribution is 2.40. The molecule has 0 unspecified atom stereocenters. The van der Waals surface area contributed by atoms with E-state index in [1.807, 2.05) is 0 Å². The molecule has 1 aromatic carbocycles. The van der Waals surface area contributed by atoms with Crippen LogP contribution in [0.4, 0.5) is 5.69 Å². The van der Waals surface area contributed by atoms with Gasteiger partial charge >= 0.3 is 0 Å². The Morgan fingerprint density at radius 1 is 1.52 bits per heavy atom. The summed E-state index contributed by atoms with van der Waals surface area (Å²) in [7, 11) is 0. The fraction of sp³-hybridized carbons (Fsp3) is 0.500. The molecule has 1 N–H and O–H groups in total. The van der Waals surface area contributed by atoms with Crippen molar-refractivity contribution in [2.75, 3.05) is 5.88 Å². The van der Waals surface area contributed by atoms with Gasteiger partial charge in [0.25, 0.3) is 11.6 Å². The highest BCUT2D eigenvalue weighted by Gasteiger charge is 2.49. The average Bonchev–Trinajstić information content (AvgIpc) is 2.95. The number of hydrogen-bond acceptors (Lipinski definition) is 6. The summed E-state index contributed by atoms with van der Waals surface area (Å²) < 4.78 is 0. The number of nitrogens with zero attached hydrogens (tertiary/aromatic N) is 3. The van der Waals surface area contributed by atoms with Crippen LogP contribution in [-0.2, 0) is 9.63 Å². The molecule has 1 fully saturated rings. The van der Waals surface area contributed by atoms with Crippen molar-refractivity contribution in [1.82, 2.24) is 10.4 Å². The molecule has 0 aromatic heterocycles. The first kappa shape index (κ1) is 17.5. The molecule has 134 valence electrons. The SMILES string of the molecule is CC1CCC2(CC1)ON=C(c1cccc([N+](=O)[O-])c1)N2NC(=O)CCl. The van der Waals surface area contributed by atoms with Gasteiger partial charge in [0.2, 0.25) is 5.72 Å². The summed E-state index contributed by atoms with van der Waals surface area (Å²) in [6.45, 7) is 2.17. The lowest BCUT2D eigenvalue weighted by Crippen LogP contribution is -2.59. The lowest BCUT2D eigenvalue weighted by Gasteiger charge is -2.40. The van der Waals surface area contributed by atoms with Crippen molar-refractivity contribution in [3.05, 3.63) is 39.9 Å². The molecular weight excluding hydrogens is 348 g/mol. The van der Waals surface area contributed by atoms with Gasteiger partial charge in [0.15, 0.2) is 5.84 Å². The lowest BCUT2D eigenvalue weighted by atomic mass is 9.84. The highest BCUT2D eigenvalue weighted by atomic mass is 35.5. The Kier molecular flexibility index (Phi) is 4.80. The fourth-order valence-corrected chi connectivity index (χ4v) is 3.24. The first-order valence-electron chi connectivity index (χ1n) is 8.12. The van der Waals surface area contributed by atoms with Crippen LogP contribution >= 0.6 is 11.6 Å². The Labute approximate surface area is 149 Å². The number of benzene rings is 1. The molecule has 3 rings (SSSR count). The summed E-state index contributed by atoms with van der Waals surface area (Å²) in [5.41, 5.74) is 2.41. The van der Waals surface area contributed by atoms with Crippen LogP contribution in [0, 0.1) is 16.0 Å². The third-order valence-electron chi connectivity index (χ3n) is 4.65. The second kappa shape index (κ2) is 6.87. The molecule has 1 aromatic rings. The van der Waals surface area contributed by atoms with Crippen LogP contribution in [0.5, 0.6) is 0 Å². The molecule has 25 heavy (non-hydrogen) atoms. The minimum absolute atomic E-state index is 0.0537. The monoisotopic (exact) mass is 366 g/mol. The van der Waals surface area contributed by atoms with E-state index < -0.39 is 10.6 Å². The third-order valence-corrected chi connectivity index (χ3v) is 4.89. The maximum Gasteiger partial charge on any atom is 0.270 e. The number of nitro groups is 1. The zero-order valence-electron chi connectivity index (χ0n) is 13.8. The number of oxime groups is 1. The number of amidine groups is 1. The molecular formula is C16H19ClN4O4. The van der Waals surface area contributed by atoms with Gasteiger partial charge in [-0.2, -0.15) is 0 Å². The standard InChI is InChI=1S/C16H19ClN4O4/c1-11-5-7-16(8-6-11)20(18-14(22)10-17)15(19-25-16)12-3-2-4-13(9-12)21(23)24/h2-4,9,11H,5-8,10H2,1H3,(H,18,22). The van der Waals surface area contributed by atoms with Crippen LogP contribution in [-0.4, -0.2) is 33.3 Å². The number of nitro benzene ring substituents is 1. The van der Waals surface area contributed by atoms with E-state index in [9.17, 15) is 14.9 Å². The van der Waals surface area contributed by atoms with E-state index in [-0.39, 0.29) is 17.5 Å². The number of alkyl halides is 1. The van der Waals surface area contributed by atoms with Gasteiger partial charge in [0, 0.05) is 30.5 Å². The van der Waals surface area contributed by atoms with Crippen molar-refractivity contribution in [1.29, 1.82) is 0 Å². The highest BCUT2D eigenvalue weighted by molar-refractivity contribution is 6.27. The lowest BCUT2D eigenvalue weighted by molar-refractivity contribution is -0.384. The topological polar surface area (TPSA) is 97.1 Å². The van der Waals surface area contributed by atoms with Gasteiger partial charge in [-0.15, -0.1) is 11.6 Å². The maximum atomic E-state index is 11.9.